The van der Waals surface area contributed by atoms with Gasteiger partial charge in [-0.05, 0) is 50.1 Å². The van der Waals surface area contributed by atoms with Gasteiger partial charge in [-0.15, -0.1) is 0 Å². The highest BCUT2D eigenvalue weighted by Crippen LogP contribution is 2.25. The zero-order chi connectivity index (χ0) is 19.8. The average Bonchev–Trinajstić information content (AvgIpc) is 3.31. The number of benzene rings is 1. The second-order valence-corrected chi connectivity index (χ2v) is 7.60. The molecule has 0 aliphatic heterocycles. The molecule has 0 unspecified atom stereocenters. The van der Waals surface area contributed by atoms with Crippen LogP contribution in [0.3, 0.4) is 0 Å². The first kappa shape index (κ1) is 18.2. The quantitative estimate of drug-likeness (QED) is 0.546. The zero-order valence-corrected chi connectivity index (χ0v) is 16.7. The normalized spacial score (nSPS) is 11.1. The first-order valence-electron chi connectivity index (χ1n) is 9.05. The molecule has 7 heteroatoms. The lowest BCUT2D eigenvalue weighted by atomic mass is 10.0. The molecule has 142 valence electrons. The fourth-order valence-electron chi connectivity index (χ4n) is 3.36. The maximum Gasteiger partial charge on any atom is 0.267 e. The summed E-state index contributed by atoms with van der Waals surface area (Å²) in [5.41, 5.74) is 3.73. The number of aromatic nitrogens is 3. The van der Waals surface area contributed by atoms with E-state index in [1.54, 1.807) is 6.07 Å². The van der Waals surface area contributed by atoms with Crippen LogP contribution in [0.4, 0.5) is 5.69 Å². The van der Waals surface area contributed by atoms with E-state index < -0.39 is 0 Å². The largest absolute Gasteiger partial charge is 0.322 e. The van der Waals surface area contributed by atoms with Crippen molar-refractivity contribution in [2.45, 2.75) is 27.2 Å². The van der Waals surface area contributed by atoms with Crippen molar-refractivity contribution in [1.82, 2.24) is 14.5 Å². The van der Waals surface area contributed by atoms with Crippen molar-refractivity contribution in [2.75, 3.05) is 5.32 Å². The molecule has 3 heterocycles. The molecule has 1 amide bonds. The van der Waals surface area contributed by atoms with Gasteiger partial charge in [0.25, 0.3) is 11.5 Å². The highest BCUT2D eigenvalue weighted by Gasteiger charge is 2.17. The number of carbonyl (C=O) groups is 1. The van der Waals surface area contributed by atoms with Crippen molar-refractivity contribution >= 4 is 33.8 Å². The van der Waals surface area contributed by atoms with E-state index in [1.165, 1.54) is 11.3 Å². The van der Waals surface area contributed by atoms with Crippen LogP contribution in [0.1, 0.15) is 33.4 Å². The molecule has 3 aromatic heterocycles. The summed E-state index contributed by atoms with van der Waals surface area (Å²) in [7, 11) is 0. The fourth-order valence-corrected chi connectivity index (χ4v) is 4.29. The van der Waals surface area contributed by atoms with Gasteiger partial charge in [-0.2, -0.15) is 0 Å². The lowest BCUT2D eigenvalue weighted by molar-refractivity contribution is 0.103. The number of anilines is 1. The van der Waals surface area contributed by atoms with Crippen molar-refractivity contribution in [3.05, 3.63) is 74.8 Å². The summed E-state index contributed by atoms with van der Waals surface area (Å²) in [6.07, 6.45) is 4.48. The molecule has 4 aromatic rings. The smallest absolute Gasteiger partial charge is 0.267 e. The van der Waals surface area contributed by atoms with E-state index >= 15 is 0 Å². The first-order valence-corrected chi connectivity index (χ1v) is 9.87. The molecule has 6 nitrogen and oxygen atoms in total. The summed E-state index contributed by atoms with van der Waals surface area (Å²) >= 11 is 1.34. The summed E-state index contributed by atoms with van der Waals surface area (Å²) in [6, 6.07) is 9.41. The van der Waals surface area contributed by atoms with Crippen molar-refractivity contribution < 1.29 is 4.79 Å². The molecule has 1 aromatic carbocycles. The molecule has 0 aliphatic rings. The van der Waals surface area contributed by atoms with Crippen LogP contribution in [0.25, 0.3) is 16.0 Å². The third-order valence-electron chi connectivity index (χ3n) is 4.83. The number of nitrogens with zero attached hydrogens (tertiary/aromatic N) is 2. The Balaban J connectivity index is 1.65. The van der Waals surface area contributed by atoms with Crippen molar-refractivity contribution in [2.24, 2.45) is 0 Å². The minimum Gasteiger partial charge on any atom is -0.322 e. The molecule has 0 saturated carbocycles. The summed E-state index contributed by atoms with van der Waals surface area (Å²) < 4.78 is 1.88. The molecule has 0 radical (unpaired) electrons. The zero-order valence-electron chi connectivity index (χ0n) is 15.9. The number of thiazole rings is 1. The maximum atomic E-state index is 12.8. The number of aryl methyl sites for hydroxylation is 2. The fraction of sp³-hybridized carbons (Fsp3) is 0.190. The Kier molecular flexibility index (Phi) is 4.60. The van der Waals surface area contributed by atoms with E-state index in [1.807, 2.05) is 62.0 Å². The summed E-state index contributed by atoms with van der Waals surface area (Å²) in [5, 5.41) is 4.65. The number of amides is 1. The van der Waals surface area contributed by atoms with Crippen LogP contribution in [0.15, 0.2) is 47.5 Å². The van der Waals surface area contributed by atoms with Gasteiger partial charge in [-0.25, -0.2) is 4.98 Å². The number of rotatable bonds is 4. The third-order valence-corrected chi connectivity index (χ3v) is 6.00. The molecule has 0 saturated heterocycles. The van der Waals surface area contributed by atoms with Crippen LogP contribution >= 0.6 is 11.3 Å². The highest BCUT2D eigenvalue weighted by molar-refractivity contribution is 7.16. The van der Waals surface area contributed by atoms with E-state index in [2.05, 4.69) is 15.3 Å². The standard InChI is InChI=1S/C21H20N4O2S/c1-4-15-12(2)16-8-7-14(11-17(16)24-19(15)26)23-20(27)18-13(3)22-21(28-18)25-9-5-6-10-25/h5-11H,4H2,1-3H3,(H,23,27)(H,24,26). The van der Waals surface area contributed by atoms with Crippen LogP contribution in [0.2, 0.25) is 0 Å². The van der Waals surface area contributed by atoms with Gasteiger partial charge in [0.05, 0.1) is 11.2 Å². The predicted octanol–water partition coefficient (Wildman–Crippen LogP) is 4.21. The lowest BCUT2D eigenvalue weighted by Crippen LogP contribution is -2.15. The highest BCUT2D eigenvalue weighted by atomic mass is 32.1. The molecular formula is C21H20N4O2S. The number of H-pyrrole nitrogens is 1. The van der Waals surface area contributed by atoms with Crippen LogP contribution in [0, 0.1) is 13.8 Å². The summed E-state index contributed by atoms with van der Waals surface area (Å²) in [6.45, 7) is 5.75. The average molecular weight is 392 g/mol. The van der Waals surface area contributed by atoms with Crippen molar-refractivity contribution in [1.29, 1.82) is 0 Å². The number of hydrogen-bond acceptors (Lipinski definition) is 4. The van der Waals surface area contributed by atoms with Crippen molar-refractivity contribution in [3.63, 3.8) is 0 Å². The van der Waals surface area contributed by atoms with E-state index in [0.29, 0.717) is 28.2 Å². The molecule has 0 aliphatic carbocycles. The van der Waals surface area contributed by atoms with Gasteiger partial charge in [0, 0.05) is 29.0 Å². The van der Waals surface area contributed by atoms with Gasteiger partial charge < -0.3 is 14.9 Å². The van der Waals surface area contributed by atoms with E-state index in [4.69, 9.17) is 0 Å². The monoisotopic (exact) mass is 392 g/mol. The van der Waals surface area contributed by atoms with Gasteiger partial charge in [-0.1, -0.05) is 24.3 Å². The molecule has 0 atom stereocenters. The topological polar surface area (TPSA) is 79.8 Å². The molecule has 2 N–H and O–H groups in total. The third kappa shape index (κ3) is 3.14. The first-order chi connectivity index (χ1) is 13.5. The second kappa shape index (κ2) is 7.09. The lowest BCUT2D eigenvalue weighted by Gasteiger charge is -2.10. The number of fused-ring (bicyclic) bond motifs is 1. The molecule has 0 fully saturated rings. The van der Waals surface area contributed by atoms with Gasteiger partial charge in [0.2, 0.25) is 0 Å². The number of pyridine rings is 1. The van der Waals surface area contributed by atoms with E-state index in [0.717, 1.165) is 21.6 Å². The van der Waals surface area contributed by atoms with Crippen LogP contribution in [-0.2, 0) is 6.42 Å². The molecule has 0 bridgehead atoms. The van der Waals surface area contributed by atoms with Gasteiger partial charge in [-0.3, -0.25) is 9.59 Å². The Morgan fingerprint density at radius 1 is 1.25 bits per heavy atom. The van der Waals surface area contributed by atoms with E-state index in [-0.39, 0.29) is 11.5 Å². The maximum absolute atomic E-state index is 12.8. The van der Waals surface area contributed by atoms with Gasteiger partial charge in [0.15, 0.2) is 5.13 Å². The Labute approximate surface area is 165 Å². The molecule has 28 heavy (non-hydrogen) atoms. The van der Waals surface area contributed by atoms with Crippen LogP contribution in [0.5, 0.6) is 0 Å². The van der Waals surface area contributed by atoms with Crippen LogP contribution < -0.4 is 10.9 Å². The number of carbonyl (C=O) groups excluding carboxylic acids is 1. The van der Waals surface area contributed by atoms with E-state index in [9.17, 15) is 9.59 Å². The summed E-state index contributed by atoms with van der Waals surface area (Å²) in [5.74, 6) is -0.211. The summed E-state index contributed by atoms with van der Waals surface area (Å²) in [4.78, 5) is 33.0. The van der Waals surface area contributed by atoms with Gasteiger partial charge >= 0.3 is 0 Å². The Morgan fingerprint density at radius 2 is 2.00 bits per heavy atom. The molecular weight excluding hydrogens is 372 g/mol. The number of hydrogen-bond donors (Lipinski definition) is 2. The minimum atomic E-state index is -0.211. The minimum absolute atomic E-state index is 0.0781. The second-order valence-electron chi connectivity index (χ2n) is 6.63. The number of nitrogens with one attached hydrogen (secondary N) is 2. The molecule has 4 rings (SSSR count). The van der Waals surface area contributed by atoms with Gasteiger partial charge in [0.1, 0.15) is 4.88 Å². The number of aromatic amines is 1. The Bertz CT molecular complexity index is 1240. The van der Waals surface area contributed by atoms with Crippen molar-refractivity contribution in [3.8, 4) is 5.13 Å². The SMILES string of the molecule is CCc1c(C)c2ccc(NC(=O)c3sc(-n4cccc4)nc3C)cc2[nH]c1=O. The predicted molar refractivity (Wildman–Crippen MR) is 113 cm³/mol. The Hall–Kier alpha value is -3.19. The Morgan fingerprint density at radius 3 is 2.71 bits per heavy atom. The molecule has 0 spiro atoms. The van der Waals surface area contributed by atoms with Crippen LogP contribution in [-0.4, -0.2) is 20.4 Å².